The Hall–Kier alpha value is -4.10. The Bertz CT molecular complexity index is 1920. The second-order valence-electron chi connectivity index (χ2n) is 14.8. The molecule has 0 fully saturated rings. The highest BCUT2D eigenvalue weighted by molar-refractivity contribution is 5.94. The highest BCUT2D eigenvalue weighted by Gasteiger charge is 2.57. The van der Waals surface area contributed by atoms with E-state index in [-0.39, 0.29) is 16.4 Å². The number of hydrogen-bond donors (Lipinski definition) is 0. The molecule has 1 nitrogen and oxygen atoms in total. The molecule has 4 atom stereocenters. The van der Waals surface area contributed by atoms with Gasteiger partial charge in [-0.15, -0.1) is 0 Å². The van der Waals surface area contributed by atoms with Gasteiger partial charge in [0.15, 0.2) is 0 Å². The SMILES string of the molecule is CC1C=CC2=C(C1)C1=C(C=CC(C)(N3c4ccccc4C(C)(C)c4ccccc43)C1)C21C2=C(C=CCC2C)c2ccccc21. The highest BCUT2D eigenvalue weighted by Crippen LogP contribution is 2.67. The first-order valence-electron chi connectivity index (χ1n) is 16.6. The second-order valence-corrected chi connectivity index (χ2v) is 14.8. The molecule has 3 aromatic rings. The van der Waals surface area contributed by atoms with Crippen molar-refractivity contribution in [3.8, 4) is 0 Å². The predicted molar refractivity (Wildman–Crippen MR) is 184 cm³/mol. The monoisotopic (exact) mass is 571 g/mol. The van der Waals surface area contributed by atoms with Crippen LogP contribution in [-0.4, -0.2) is 5.54 Å². The molecule has 0 saturated carbocycles. The van der Waals surface area contributed by atoms with Crippen molar-refractivity contribution in [2.45, 2.75) is 70.3 Å². The van der Waals surface area contributed by atoms with E-state index in [1.54, 1.807) is 22.3 Å². The van der Waals surface area contributed by atoms with Crippen molar-refractivity contribution in [1.29, 1.82) is 0 Å². The van der Waals surface area contributed by atoms with Crippen LogP contribution in [0.25, 0.3) is 5.57 Å². The van der Waals surface area contributed by atoms with Crippen LogP contribution >= 0.6 is 0 Å². The molecule has 1 aliphatic heterocycles. The normalized spacial score (nSPS) is 30.3. The van der Waals surface area contributed by atoms with Crippen molar-refractivity contribution in [2.24, 2.45) is 11.8 Å². The van der Waals surface area contributed by atoms with E-state index in [4.69, 9.17) is 0 Å². The molecule has 0 saturated heterocycles. The minimum atomic E-state index is -0.205. The van der Waals surface area contributed by atoms with Crippen molar-refractivity contribution in [1.82, 2.24) is 0 Å². The molecular weight excluding hydrogens is 530 g/mol. The number of rotatable bonds is 1. The number of fused-ring (bicyclic) bond motifs is 9. The summed E-state index contributed by atoms with van der Waals surface area (Å²) in [5, 5.41) is 0. The first-order chi connectivity index (χ1) is 21.3. The Kier molecular flexibility index (Phi) is 5.23. The summed E-state index contributed by atoms with van der Waals surface area (Å²) in [4.78, 5) is 2.68. The molecule has 0 aromatic heterocycles. The molecule has 0 radical (unpaired) electrons. The lowest BCUT2D eigenvalue weighted by Crippen LogP contribution is -2.47. The number of anilines is 2. The average Bonchev–Trinajstić information content (AvgIpc) is 3.48. The third-order valence-corrected chi connectivity index (χ3v) is 11.8. The van der Waals surface area contributed by atoms with Crippen molar-refractivity contribution in [2.75, 3.05) is 4.90 Å². The topological polar surface area (TPSA) is 3.24 Å². The summed E-state index contributed by atoms with van der Waals surface area (Å²) >= 11 is 0. The van der Waals surface area contributed by atoms with Crippen LogP contribution < -0.4 is 4.90 Å². The van der Waals surface area contributed by atoms with E-state index >= 15 is 0 Å². The van der Waals surface area contributed by atoms with Crippen LogP contribution in [0.3, 0.4) is 0 Å². The third kappa shape index (κ3) is 3.11. The molecule has 1 heteroatoms. The summed E-state index contributed by atoms with van der Waals surface area (Å²) < 4.78 is 0. The van der Waals surface area contributed by atoms with Gasteiger partial charge in [-0.3, -0.25) is 0 Å². The summed E-state index contributed by atoms with van der Waals surface area (Å²) in [6.07, 6.45) is 18.2. The lowest BCUT2D eigenvalue weighted by molar-refractivity contribution is 0.521. The average molecular weight is 572 g/mol. The molecule has 0 amide bonds. The Morgan fingerprint density at radius 3 is 2.07 bits per heavy atom. The summed E-state index contributed by atoms with van der Waals surface area (Å²) in [6.45, 7) is 12.1. The summed E-state index contributed by atoms with van der Waals surface area (Å²) in [5.74, 6) is 1.04. The van der Waals surface area contributed by atoms with Crippen molar-refractivity contribution in [3.05, 3.63) is 159 Å². The lowest BCUT2D eigenvalue weighted by Gasteiger charge is -2.50. The van der Waals surface area contributed by atoms with Gasteiger partial charge in [-0.05, 0) is 106 Å². The van der Waals surface area contributed by atoms with Crippen LogP contribution in [-0.2, 0) is 10.8 Å². The van der Waals surface area contributed by atoms with Crippen LogP contribution in [0.4, 0.5) is 11.4 Å². The fourth-order valence-electron chi connectivity index (χ4n) is 9.95. The molecule has 44 heavy (non-hydrogen) atoms. The molecule has 4 unspecified atom stereocenters. The van der Waals surface area contributed by atoms with E-state index in [9.17, 15) is 0 Å². The highest BCUT2D eigenvalue weighted by atomic mass is 15.2. The maximum Gasteiger partial charge on any atom is 0.0684 e. The predicted octanol–water partition coefficient (Wildman–Crippen LogP) is 10.7. The molecule has 9 rings (SSSR count). The Morgan fingerprint density at radius 2 is 1.34 bits per heavy atom. The van der Waals surface area contributed by atoms with Crippen molar-refractivity contribution >= 4 is 16.9 Å². The fraction of sp³-hybridized carbons (Fsp3) is 0.302. The van der Waals surface area contributed by atoms with Gasteiger partial charge in [0.2, 0.25) is 0 Å². The first kappa shape index (κ1) is 26.3. The number of allylic oxidation sites excluding steroid dienone is 10. The van der Waals surface area contributed by atoms with Crippen LogP contribution in [0.15, 0.2) is 137 Å². The fourth-order valence-corrected chi connectivity index (χ4v) is 9.95. The van der Waals surface area contributed by atoms with Crippen LogP contribution in [0, 0.1) is 11.8 Å². The van der Waals surface area contributed by atoms with E-state index in [1.807, 2.05) is 0 Å². The second kappa shape index (κ2) is 8.75. The lowest BCUT2D eigenvalue weighted by atomic mass is 9.62. The van der Waals surface area contributed by atoms with Gasteiger partial charge >= 0.3 is 0 Å². The largest absolute Gasteiger partial charge is 0.331 e. The number of benzene rings is 3. The zero-order valence-electron chi connectivity index (χ0n) is 26.6. The molecule has 218 valence electrons. The Morgan fingerprint density at radius 1 is 0.705 bits per heavy atom. The van der Waals surface area contributed by atoms with E-state index < -0.39 is 0 Å². The van der Waals surface area contributed by atoms with Crippen LogP contribution in [0.5, 0.6) is 0 Å². The van der Waals surface area contributed by atoms with E-state index in [0.29, 0.717) is 11.8 Å². The van der Waals surface area contributed by atoms with Gasteiger partial charge in [0, 0.05) is 16.8 Å². The summed E-state index contributed by atoms with van der Waals surface area (Å²) in [7, 11) is 0. The van der Waals surface area contributed by atoms with Gasteiger partial charge in [0.25, 0.3) is 0 Å². The molecule has 1 heterocycles. The van der Waals surface area contributed by atoms with Gasteiger partial charge in [0.05, 0.1) is 11.0 Å². The van der Waals surface area contributed by atoms with Crippen molar-refractivity contribution < 1.29 is 0 Å². The molecule has 5 aliphatic carbocycles. The Labute approximate surface area is 262 Å². The standard InChI is InChI=1S/C43H41N/c1-27-21-22-34-31(25-27)32-26-42(5,44-38-19-10-8-17-36(38)41(3,4)37-18-9-11-20-39(37)44)24-23-35(32)43(34)33-16-7-6-14-29(33)30-15-12-13-28(2)40(30)43/h6-12,14-24,27-28H,13,25-26H2,1-5H3. The number of para-hydroxylation sites is 2. The summed E-state index contributed by atoms with van der Waals surface area (Å²) in [6, 6.07) is 27.6. The maximum absolute atomic E-state index is 2.68. The quantitative estimate of drug-likeness (QED) is 0.281. The summed E-state index contributed by atoms with van der Waals surface area (Å²) in [5.41, 5.74) is 17.4. The van der Waals surface area contributed by atoms with Crippen molar-refractivity contribution in [3.63, 3.8) is 0 Å². The van der Waals surface area contributed by atoms with E-state index in [0.717, 1.165) is 19.3 Å². The third-order valence-electron chi connectivity index (χ3n) is 11.8. The molecular formula is C43H41N. The first-order valence-corrected chi connectivity index (χ1v) is 16.6. The molecule has 6 aliphatic rings. The zero-order chi connectivity index (χ0) is 30.0. The number of nitrogens with zero attached hydrogens (tertiary/aromatic N) is 1. The molecule has 0 N–H and O–H groups in total. The van der Waals surface area contributed by atoms with Gasteiger partial charge in [-0.2, -0.15) is 0 Å². The van der Waals surface area contributed by atoms with E-state index in [2.05, 4.69) is 149 Å². The smallest absolute Gasteiger partial charge is 0.0684 e. The molecule has 3 aromatic carbocycles. The van der Waals surface area contributed by atoms with E-state index in [1.165, 1.54) is 44.8 Å². The van der Waals surface area contributed by atoms with Gasteiger partial charge in [-0.25, -0.2) is 0 Å². The maximum atomic E-state index is 2.68. The van der Waals surface area contributed by atoms with Gasteiger partial charge in [0.1, 0.15) is 0 Å². The van der Waals surface area contributed by atoms with Gasteiger partial charge in [-0.1, -0.05) is 125 Å². The zero-order valence-corrected chi connectivity index (χ0v) is 26.6. The molecule has 1 spiro atoms. The molecule has 0 bridgehead atoms. The van der Waals surface area contributed by atoms with Crippen LogP contribution in [0.2, 0.25) is 0 Å². The van der Waals surface area contributed by atoms with Crippen LogP contribution in [0.1, 0.15) is 76.1 Å². The minimum Gasteiger partial charge on any atom is -0.331 e. The Balaban J connectivity index is 1.28. The minimum absolute atomic E-state index is 0.0549. The number of hydrogen-bond acceptors (Lipinski definition) is 1. The van der Waals surface area contributed by atoms with Gasteiger partial charge < -0.3 is 4.90 Å².